The number of aliphatic imine (C=N–C) groups is 1. The molecule has 0 spiro atoms. The van der Waals surface area contributed by atoms with Gasteiger partial charge in [0.05, 0.1) is 19.3 Å². The molecule has 2 rings (SSSR count). The summed E-state index contributed by atoms with van der Waals surface area (Å²) in [7, 11) is 1.65. The minimum absolute atomic E-state index is 0.0124. The van der Waals surface area contributed by atoms with Gasteiger partial charge in [0.1, 0.15) is 5.75 Å². The molecule has 92 valence electrons. The van der Waals surface area contributed by atoms with E-state index in [9.17, 15) is 5.11 Å². The fourth-order valence-electron chi connectivity index (χ4n) is 1.87. The van der Waals surface area contributed by atoms with Gasteiger partial charge in [0.15, 0.2) is 0 Å². The van der Waals surface area contributed by atoms with E-state index in [2.05, 4.69) is 10.3 Å². The third kappa shape index (κ3) is 3.28. The van der Waals surface area contributed by atoms with Crippen molar-refractivity contribution in [2.45, 2.75) is 18.6 Å². The highest BCUT2D eigenvalue weighted by Crippen LogP contribution is 2.11. The van der Waals surface area contributed by atoms with E-state index < -0.39 is 0 Å². The highest BCUT2D eigenvalue weighted by Gasteiger charge is 2.20. The zero-order chi connectivity index (χ0) is 12.1. The molecule has 4 nitrogen and oxygen atoms in total. The summed E-state index contributed by atoms with van der Waals surface area (Å²) in [5.41, 5.74) is 1.02. The second kappa shape index (κ2) is 5.80. The first-order valence-corrected chi connectivity index (χ1v) is 5.85. The molecule has 0 saturated carbocycles. The molecule has 1 unspecified atom stereocenters. The van der Waals surface area contributed by atoms with Crippen molar-refractivity contribution in [2.75, 3.05) is 20.2 Å². The first-order chi connectivity index (χ1) is 8.29. The number of rotatable bonds is 3. The first-order valence-electron chi connectivity index (χ1n) is 5.85. The van der Waals surface area contributed by atoms with Gasteiger partial charge in [-0.15, -0.1) is 0 Å². The van der Waals surface area contributed by atoms with Crippen molar-refractivity contribution in [3.05, 3.63) is 29.8 Å². The van der Waals surface area contributed by atoms with Gasteiger partial charge in [-0.25, -0.2) is 0 Å². The van der Waals surface area contributed by atoms with Gasteiger partial charge in [0.25, 0.3) is 0 Å². The molecule has 0 aliphatic carbocycles. The number of piperidine rings is 1. The van der Waals surface area contributed by atoms with Crippen LogP contribution in [-0.4, -0.2) is 43.7 Å². The molecule has 1 fully saturated rings. The van der Waals surface area contributed by atoms with Crippen molar-refractivity contribution in [3.63, 3.8) is 0 Å². The lowest BCUT2D eigenvalue weighted by Gasteiger charge is -2.24. The summed E-state index contributed by atoms with van der Waals surface area (Å²) in [5, 5.41) is 12.9. The van der Waals surface area contributed by atoms with Gasteiger partial charge in [-0.2, -0.15) is 0 Å². The molecule has 0 aromatic heterocycles. The summed E-state index contributed by atoms with van der Waals surface area (Å²) in [6.07, 6.45) is 2.32. The zero-order valence-electron chi connectivity index (χ0n) is 9.97. The number of nitrogens with one attached hydrogen (secondary N) is 1. The van der Waals surface area contributed by atoms with Gasteiger partial charge in [-0.1, -0.05) is 0 Å². The number of methoxy groups -OCH3 is 1. The lowest BCUT2D eigenvalue weighted by Crippen LogP contribution is -2.43. The molecular weight excluding hydrogens is 216 g/mol. The Kier molecular flexibility index (Phi) is 4.12. The summed E-state index contributed by atoms with van der Waals surface area (Å²) in [6, 6.07) is 7.73. The number of β-amino-alcohol motifs (C(OH)–C–C–N with tert-alkyl or cyclic N) is 1. The molecule has 1 saturated heterocycles. The SMILES string of the molecule is COc1ccc(C=N[C@H]2CCNCC2O)cc1. The van der Waals surface area contributed by atoms with E-state index in [0.29, 0.717) is 6.54 Å². The Morgan fingerprint density at radius 3 is 2.82 bits per heavy atom. The number of nitrogens with zero attached hydrogens (tertiary/aromatic N) is 1. The summed E-state index contributed by atoms with van der Waals surface area (Å²) in [6.45, 7) is 1.55. The number of aliphatic hydroxyl groups is 1. The maximum Gasteiger partial charge on any atom is 0.118 e. The van der Waals surface area contributed by atoms with Crippen LogP contribution in [0.5, 0.6) is 5.75 Å². The monoisotopic (exact) mass is 234 g/mol. The van der Waals surface area contributed by atoms with Gasteiger partial charge < -0.3 is 15.2 Å². The lowest BCUT2D eigenvalue weighted by molar-refractivity contribution is 0.122. The van der Waals surface area contributed by atoms with E-state index in [0.717, 1.165) is 24.3 Å². The van der Waals surface area contributed by atoms with Crippen molar-refractivity contribution >= 4 is 6.21 Å². The maximum absolute atomic E-state index is 9.73. The van der Waals surface area contributed by atoms with Crippen LogP contribution in [0.4, 0.5) is 0 Å². The Morgan fingerprint density at radius 2 is 2.18 bits per heavy atom. The predicted octanol–water partition coefficient (Wildman–Crippen LogP) is 0.837. The first kappa shape index (κ1) is 12.1. The smallest absolute Gasteiger partial charge is 0.118 e. The fourth-order valence-corrected chi connectivity index (χ4v) is 1.87. The lowest BCUT2D eigenvalue weighted by atomic mass is 10.0. The summed E-state index contributed by atoms with van der Waals surface area (Å²) < 4.78 is 5.09. The number of benzene rings is 1. The molecule has 1 aliphatic heterocycles. The van der Waals surface area contributed by atoms with E-state index in [1.54, 1.807) is 7.11 Å². The van der Waals surface area contributed by atoms with Crippen molar-refractivity contribution in [1.29, 1.82) is 0 Å². The minimum atomic E-state index is -0.377. The summed E-state index contributed by atoms with van der Waals surface area (Å²) in [5.74, 6) is 0.837. The highest BCUT2D eigenvalue weighted by molar-refractivity contribution is 5.79. The predicted molar refractivity (Wildman–Crippen MR) is 67.9 cm³/mol. The summed E-state index contributed by atoms with van der Waals surface area (Å²) in [4.78, 5) is 4.43. The zero-order valence-corrected chi connectivity index (χ0v) is 9.97. The fraction of sp³-hybridized carbons (Fsp3) is 0.462. The normalized spacial score (nSPS) is 25.1. The van der Waals surface area contributed by atoms with Crippen LogP contribution in [0, 0.1) is 0 Å². The van der Waals surface area contributed by atoms with Crippen molar-refractivity contribution in [3.8, 4) is 5.75 Å². The molecule has 0 amide bonds. The van der Waals surface area contributed by atoms with E-state index in [-0.39, 0.29) is 12.1 Å². The largest absolute Gasteiger partial charge is 0.497 e. The van der Waals surface area contributed by atoms with Crippen molar-refractivity contribution in [2.24, 2.45) is 4.99 Å². The molecule has 1 heterocycles. The van der Waals surface area contributed by atoms with E-state index in [1.807, 2.05) is 30.5 Å². The van der Waals surface area contributed by atoms with Gasteiger partial charge >= 0.3 is 0 Å². The van der Waals surface area contributed by atoms with E-state index >= 15 is 0 Å². The molecule has 1 aromatic rings. The van der Waals surface area contributed by atoms with Crippen LogP contribution in [-0.2, 0) is 0 Å². The molecule has 2 N–H and O–H groups in total. The Morgan fingerprint density at radius 1 is 1.41 bits per heavy atom. The van der Waals surface area contributed by atoms with Crippen LogP contribution >= 0.6 is 0 Å². The Balaban J connectivity index is 1.98. The Labute approximate surface area is 101 Å². The molecule has 0 bridgehead atoms. The second-order valence-electron chi connectivity index (χ2n) is 4.18. The number of ether oxygens (including phenoxy) is 1. The summed E-state index contributed by atoms with van der Waals surface area (Å²) >= 11 is 0. The van der Waals surface area contributed by atoms with Crippen LogP contribution < -0.4 is 10.1 Å². The minimum Gasteiger partial charge on any atom is -0.497 e. The third-order valence-electron chi connectivity index (χ3n) is 2.95. The molecule has 0 radical (unpaired) electrons. The van der Waals surface area contributed by atoms with Crippen molar-refractivity contribution in [1.82, 2.24) is 5.32 Å². The standard InChI is InChI=1S/C13H18N2O2/c1-17-11-4-2-10(3-5-11)8-15-12-6-7-14-9-13(12)16/h2-5,8,12-14,16H,6-7,9H2,1H3/t12-,13?/m0/s1. The van der Waals surface area contributed by atoms with Crippen LogP contribution in [0.3, 0.4) is 0 Å². The van der Waals surface area contributed by atoms with Gasteiger partial charge in [-0.3, -0.25) is 4.99 Å². The van der Waals surface area contributed by atoms with Gasteiger partial charge in [0.2, 0.25) is 0 Å². The van der Waals surface area contributed by atoms with Crippen molar-refractivity contribution < 1.29 is 9.84 Å². The molecule has 1 aliphatic rings. The Bertz CT molecular complexity index is 376. The topological polar surface area (TPSA) is 53.8 Å². The average molecular weight is 234 g/mol. The number of hydrogen-bond donors (Lipinski definition) is 2. The van der Waals surface area contributed by atoms with Gasteiger partial charge in [0, 0.05) is 12.8 Å². The van der Waals surface area contributed by atoms with E-state index in [4.69, 9.17) is 4.74 Å². The molecule has 2 atom stereocenters. The maximum atomic E-state index is 9.73. The molecule has 4 heteroatoms. The third-order valence-corrected chi connectivity index (χ3v) is 2.95. The number of hydrogen-bond acceptors (Lipinski definition) is 4. The number of aliphatic hydroxyl groups excluding tert-OH is 1. The van der Waals surface area contributed by atoms with Crippen LogP contribution in [0.15, 0.2) is 29.3 Å². The molecular formula is C13H18N2O2. The van der Waals surface area contributed by atoms with Crippen LogP contribution in [0.2, 0.25) is 0 Å². The molecule has 1 aromatic carbocycles. The highest BCUT2D eigenvalue weighted by atomic mass is 16.5. The average Bonchev–Trinajstić information content (AvgIpc) is 2.38. The molecule has 17 heavy (non-hydrogen) atoms. The van der Waals surface area contributed by atoms with Crippen LogP contribution in [0.25, 0.3) is 0 Å². The van der Waals surface area contributed by atoms with Crippen LogP contribution in [0.1, 0.15) is 12.0 Å². The Hall–Kier alpha value is -1.39. The van der Waals surface area contributed by atoms with E-state index in [1.165, 1.54) is 0 Å². The quantitative estimate of drug-likeness (QED) is 0.762. The second-order valence-corrected chi connectivity index (χ2v) is 4.18. The van der Waals surface area contributed by atoms with Gasteiger partial charge in [-0.05, 0) is 42.8 Å².